The molecule has 0 aliphatic rings. The highest BCUT2D eigenvalue weighted by Gasteiger charge is 2.01. The number of carbonyl (C=O) groups excluding carboxylic acids is 2. The number of nitrogens with two attached hydrogens (primary N) is 1. The molecular formula is C15H28N2O4. The minimum Gasteiger partial charge on any atom is -0.462 e. The molecule has 0 aromatic heterocycles. The van der Waals surface area contributed by atoms with Crippen molar-refractivity contribution < 1.29 is 19.1 Å². The second-order valence-corrected chi connectivity index (χ2v) is 4.78. The van der Waals surface area contributed by atoms with Crippen LogP contribution in [0.2, 0.25) is 0 Å². The molecule has 122 valence electrons. The van der Waals surface area contributed by atoms with E-state index in [1.165, 1.54) is 0 Å². The Morgan fingerprint density at radius 3 is 1.76 bits per heavy atom. The summed E-state index contributed by atoms with van der Waals surface area (Å²) in [5.41, 5.74) is 5.93. The van der Waals surface area contributed by atoms with E-state index in [1.54, 1.807) is 13.8 Å². The Hall–Kier alpha value is -1.66. The van der Waals surface area contributed by atoms with E-state index >= 15 is 0 Å². The van der Waals surface area contributed by atoms with Crippen LogP contribution in [-0.2, 0) is 19.1 Å². The van der Waals surface area contributed by atoms with Crippen molar-refractivity contribution in [1.29, 1.82) is 0 Å². The number of rotatable bonds is 8. The van der Waals surface area contributed by atoms with Gasteiger partial charge in [0, 0.05) is 24.2 Å². The van der Waals surface area contributed by atoms with Gasteiger partial charge in [0.25, 0.3) is 0 Å². The highest BCUT2D eigenvalue weighted by Crippen LogP contribution is 1.93. The first kappa shape index (κ1) is 21.6. The zero-order valence-corrected chi connectivity index (χ0v) is 13.6. The predicted molar refractivity (Wildman–Crippen MR) is 83.8 cm³/mol. The molecule has 0 atom stereocenters. The van der Waals surface area contributed by atoms with E-state index in [4.69, 9.17) is 10.5 Å². The molecule has 0 radical (unpaired) electrons. The van der Waals surface area contributed by atoms with Crippen molar-refractivity contribution in [1.82, 2.24) is 4.90 Å². The van der Waals surface area contributed by atoms with Crippen LogP contribution in [0.5, 0.6) is 0 Å². The van der Waals surface area contributed by atoms with Crippen LogP contribution >= 0.6 is 0 Å². The topological polar surface area (TPSA) is 81.9 Å². The average molecular weight is 300 g/mol. The van der Waals surface area contributed by atoms with Crippen molar-refractivity contribution in [3.8, 4) is 0 Å². The van der Waals surface area contributed by atoms with Crippen molar-refractivity contribution in [3.05, 3.63) is 24.3 Å². The first-order chi connectivity index (χ1) is 9.72. The van der Waals surface area contributed by atoms with E-state index in [-0.39, 0.29) is 18.5 Å². The van der Waals surface area contributed by atoms with Gasteiger partial charge < -0.3 is 20.1 Å². The van der Waals surface area contributed by atoms with Gasteiger partial charge in [-0.15, -0.1) is 0 Å². The highest BCUT2D eigenvalue weighted by molar-refractivity contribution is 5.87. The first-order valence-corrected chi connectivity index (χ1v) is 6.72. The molecule has 0 unspecified atom stereocenters. The molecular weight excluding hydrogens is 272 g/mol. The fourth-order valence-electron chi connectivity index (χ4n) is 0.944. The molecule has 0 aromatic rings. The molecule has 0 aromatic carbocycles. The van der Waals surface area contributed by atoms with Crippen molar-refractivity contribution in [3.63, 3.8) is 0 Å². The third-order valence-electron chi connectivity index (χ3n) is 2.03. The van der Waals surface area contributed by atoms with Crippen LogP contribution in [0.15, 0.2) is 24.3 Å². The second kappa shape index (κ2) is 13.3. The quantitative estimate of drug-likeness (QED) is 0.411. The van der Waals surface area contributed by atoms with Gasteiger partial charge in [0.1, 0.15) is 6.61 Å². The van der Waals surface area contributed by atoms with Crippen LogP contribution < -0.4 is 5.73 Å². The minimum absolute atomic E-state index is 0.270. The predicted octanol–water partition coefficient (Wildman–Crippen LogP) is 1.12. The number of esters is 2. The molecule has 0 amide bonds. The highest BCUT2D eigenvalue weighted by atomic mass is 16.5. The number of carbonyl (C=O) groups is 2. The zero-order chi connectivity index (χ0) is 16.8. The number of ether oxygens (including phenoxy) is 2. The fraction of sp³-hybridized carbons (Fsp3) is 0.600. The Balaban J connectivity index is 0. The van der Waals surface area contributed by atoms with Gasteiger partial charge in [-0.3, -0.25) is 0 Å². The Kier molecular flexibility index (Phi) is 13.7. The van der Waals surface area contributed by atoms with Crippen molar-refractivity contribution in [2.45, 2.75) is 20.3 Å². The lowest BCUT2D eigenvalue weighted by atomic mass is 10.3. The lowest BCUT2D eigenvalue weighted by Gasteiger charge is -2.09. The van der Waals surface area contributed by atoms with Gasteiger partial charge >= 0.3 is 11.9 Å². The van der Waals surface area contributed by atoms with Gasteiger partial charge in [-0.25, -0.2) is 9.59 Å². The normalized spacial score (nSPS) is 9.43. The van der Waals surface area contributed by atoms with Gasteiger partial charge in [0.05, 0.1) is 6.61 Å². The first-order valence-electron chi connectivity index (χ1n) is 6.72. The largest absolute Gasteiger partial charge is 0.462 e. The number of hydrogen-bond donors (Lipinski definition) is 1. The smallest absolute Gasteiger partial charge is 0.333 e. The summed E-state index contributed by atoms with van der Waals surface area (Å²) in [5, 5.41) is 0. The Morgan fingerprint density at radius 1 is 1.00 bits per heavy atom. The molecule has 6 nitrogen and oxygen atoms in total. The standard InChI is InChI=1S/C9H17NO2.C6H11NO2/c1-8(2)9(11)12-7-5-6-10(3)4;1-5(2)6(8)9-4-3-7/h1,5-7H2,2-4H3;1,3-4,7H2,2H3. The Labute approximate surface area is 127 Å². The van der Waals surface area contributed by atoms with Gasteiger partial charge in [0.2, 0.25) is 0 Å². The summed E-state index contributed by atoms with van der Waals surface area (Å²) in [5.74, 6) is -0.672. The van der Waals surface area contributed by atoms with Gasteiger partial charge in [-0.2, -0.15) is 0 Å². The summed E-state index contributed by atoms with van der Waals surface area (Å²) in [7, 11) is 3.97. The molecule has 0 spiro atoms. The lowest BCUT2D eigenvalue weighted by Crippen LogP contribution is -2.16. The average Bonchev–Trinajstić information content (AvgIpc) is 2.40. The van der Waals surface area contributed by atoms with E-state index < -0.39 is 0 Å². The number of nitrogens with zero attached hydrogens (tertiary/aromatic N) is 1. The molecule has 2 N–H and O–H groups in total. The third-order valence-corrected chi connectivity index (χ3v) is 2.03. The Bertz CT molecular complexity index is 352. The molecule has 6 heteroatoms. The molecule has 0 aliphatic carbocycles. The second-order valence-electron chi connectivity index (χ2n) is 4.78. The fourth-order valence-corrected chi connectivity index (χ4v) is 0.944. The van der Waals surface area contributed by atoms with Gasteiger partial charge in [0.15, 0.2) is 0 Å². The van der Waals surface area contributed by atoms with Gasteiger partial charge in [-0.1, -0.05) is 13.2 Å². The van der Waals surface area contributed by atoms with Crippen molar-refractivity contribution in [2.75, 3.05) is 40.4 Å². The molecule has 0 fully saturated rings. The molecule has 0 saturated heterocycles. The Morgan fingerprint density at radius 2 is 1.43 bits per heavy atom. The van der Waals surface area contributed by atoms with Crippen molar-refractivity contribution >= 4 is 11.9 Å². The SMILES string of the molecule is C=C(C)C(=O)OCCCN(C)C.C=C(C)C(=O)OCCN. The van der Waals surface area contributed by atoms with E-state index in [9.17, 15) is 9.59 Å². The third kappa shape index (κ3) is 16.3. The maximum atomic E-state index is 10.9. The van der Waals surface area contributed by atoms with E-state index in [1.807, 2.05) is 14.1 Å². The molecule has 0 heterocycles. The van der Waals surface area contributed by atoms with Crippen LogP contribution in [-0.4, -0.2) is 57.2 Å². The van der Waals surface area contributed by atoms with E-state index in [0.29, 0.717) is 24.3 Å². The summed E-state index contributed by atoms with van der Waals surface area (Å²) in [6, 6.07) is 0. The van der Waals surface area contributed by atoms with Crippen LogP contribution in [0.1, 0.15) is 20.3 Å². The van der Waals surface area contributed by atoms with Crippen LogP contribution in [0.4, 0.5) is 0 Å². The van der Waals surface area contributed by atoms with E-state index in [2.05, 4.69) is 22.8 Å². The van der Waals surface area contributed by atoms with Crippen LogP contribution in [0.25, 0.3) is 0 Å². The van der Waals surface area contributed by atoms with Gasteiger partial charge in [-0.05, 0) is 34.4 Å². The van der Waals surface area contributed by atoms with Crippen molar-refractivity contribution in [2.24, 2.45) is 5.73 Å². The molecule has 0 bridgehead atoms. The minimum atomic E-state index is -0.375. The zero-order valence-electron chi connectivity index (χ0n) is 13.6. The summed E-state index contributed by atoms with van der Waals surface area (Å²) >= 11 is 0. The molecule has 0 rings (SSSR count). The summed E-state index contributed by atoms with van der Waals surface area (Å²) in [4.78, 5) is 23.4. The van der Waals surface area contributed by atoms with Crippen LogP contribution in [0, 0.1) is 0 Å². The monoisotopic (exact) mass is 300 g/mol. The summed E-state index contributed by atoms with van der Waals surface area (Å²) in [6.45, 7) is 12.2. The molecule has 0 saturated carbocycles. The maximum absolute atomic E-state index is 10.9. The lowest BCUT2D eigenvalue weighted by molar-refractivity contribution is -0.139. The maximum Gasteiger partial charge on any atom is 0.333 e. The van der Waals surface area contributed by atoms with Crippen LogP contribution in [0.3, 0.4) is 0 Å². The summed E-state index contributed by atoms with van der Waals surface area (Å²) in [6.07, 6.45) is 0.867. The van der Waals surface area contributed by atoms with E-state index in [0.717, 1.165) is 13.0 Å². The number of hydrogen-bond acceptors (Lipinski definition) is 6. The molecule has 0 aliphatic heterocycles. The summed E-state index contributed by atoms with van der Waals surface area (Å²) < 4.78 is 9.48. The molecule has 21 heavy (non-hydrogen) atoms.